The van der Waals surface area contributed by atoms with Crippen molar-refractivity contribution in [2.24, 2.45) is 0 Å². The van der Waals surface area contributed by atoms with Gasteiger partial charge >= 0.3 is 10.8 Å². The van der Waals surface area contributed by atoms with E-state index in [0.29, 0.717) is 6.20 Å². The van der Waals surface area contributed by atoms with Gasteiger partial charge in [0.1, 0.15) is 5.69 Å². The number of rotatable bonds is 2. The lowest BCUT2D eigenvalue weighted by Crippen LogP contribution is -2.32. The molecule has 1 aromatic heterocycles. The molecule has 0 bridgehead atoms. The Hall–Kier alpha value is -0.590. The molecule has 7 heteroatoms. The molecule has 2 nitrogen and oxygen atoms in total. The maximum atomic E-state index is 12.6. The van der Waals surface area contributed by atoms with E-state index in [0.717, 1.165) is 6.33 Å². The van der Waals surface area contributed by atoms with Gasteiger partial charge in [-0.25, -0.2) is 4.98 Å². The monoisotopic (exact) mass is 246 g/mol. The molecule has 1 aromatic rings. The Morgan fingerprint density at radius 1 is 1.33 bits per heavy atom. The molecule has 0 radical (unpaired) electrons. The van der Waals surface area contributed by atoms with Gasteiger partial charge in [0.2, 0.25) is 0 Å². The summed E-state index contributed by atoms with van der Waals surface area (Å²) in [6, 6.07) is 0. The van der Waals surface area contributed by atoms with Crippen molar-refractivity contribution in [1.29, 1.82) is 0 Å². The number of aromatic amines is 1. The minimum atomic E-state index is -4.27. The van der Waals surface area contributed by atoms with Gasteiger partial charge in [-0.15, -0.1) is 0 Å². The van der Waals surface area contributed by atoms with Crippen molar-refractivity contribution < 1.29 is 17.6 Å². The summed E-state index contributed by atoms with van der Waals surface area (Å²) in [5.74, 6) is -4.27. The highest BCUT2D eigenvalue weighted by Crippen LogP contribution is 2.45. The van der Waals surface area contributed by atoms with Crippen LogP contribution in [0.5, 0.6) is 0 Å². The van der Waals surface area contributed by atoms with Crippen molar-refractivity contribution in [2.75, 3.05) is 0 Å². The van der Waals surface area contributed by atoms with Gasteiger partial charge in [0.05, 0.1) is 12.5 Å². The van der Waals surface area contributed by atoms with E-state index in [9.17, 15) is 17.6 Å². The summed E-state index contributed by atoms with van der Waals surface area (Å²) in [6.45, 7) is 0. The molecule has 0 unspecified atom stereocenters. The van der Waals surface area contributed by atoms with Crippen molar-refractivity contribution in [3.8, 4) is 0 Å². The van der Waals surface area contributed by atoms with Gasteiger partial charge < -0.3 is 4.98 Å². The second kappa shape index (κ2) is 2.72. The van der Waals surface area contributed by atoms with E-state index in [2.05, 4.69) is 4.98 Å². The van der Waals surface area contributed by atoms with Gasteiger partial charge in [0, 0.05) is 0 Å². The van der Waals surface area contributed by atoms with Crippen molar-refractivity contribution in [3.05, 3.63) is 18.2 Å². The first-order chi connectivity index (χ1) is 5.36. The van der Waals surface area contributed by atoms with Crippen molar-refractivity contribution in [2.45, 2.75) is 10.8 Å². The maximum absolute atomic E-state index is 12.6. The molecule has 68 valence electrons. The summed E-state index contributed by atoms with van der Waals surface area (Å²) in [5.41, 5.74) is -0.927. The Kier molecular flexibility index (Phi) is 2.15. The van der Waals surface area contributed by atoms with Crippen molar-refractivity contribution in [3.63, 3.8) is 0 Å². The van der Waals surface area contributed by atoms with Crippen molar-refractivity contribution >= 4 is 15.9 Å². The lowest BCUT2D eigenvalue weighted by molar-refractivity contribution is -0.156. The lowest BCUT2D eigenvalue weighted by atomic mass is 10.3. The van der Waals surface area contributed by atoms with E-state index >= 15 is 0 Å². The van der Waals surface area contributed by atoms with E-state index in [-0.39, 0.29) is 0 Å². The largest absolute Gasteiger partial charge is 0.369 e. The molecular weight excluding hydrogens is 244 g/mol. The van der Waals surface area contributed by atoms with Gasteiger partial charge in [0.15, 0.2) is 0 Å². The summed E-state index contributed by atoms with van der Waals surface area (Å²) in [6.07, 6.45) is 1.55. The van der Waals surface area contributed by atoms with Crippen LogP contribution < -0.4 is 0 Å². The molecule has 0 aliphatic carbocycles. The number of halogens is 5. The number of hydrogen-bond acceptors (Lipinski definition) is 1. The summed E-state index contributed by atoms with van der Waals surface area (Å²) in [7, 11) is 0. The third-order valence-corrected chi connectivity index (χ3v) is 1.69. The quantitative estimate of drug-likeness (QED) is 0.631. The average molecular weight is 247 g/mol. The Morgan fingerprint density at radius 3 is 2.25 bits per heavy atom. The molecule has 12 heavy (non-hydrogen) atoms. The first kappa shape index (κ1) is 9.50. The fourth-order valence-electron chi connectivity index (χ4n) is 0.580. The number of nitrogens with zero attached hydrogens (tertiary/aromatic N) is 1. The van der Waals surface area contributed by atoms with Crippen LogP contribution in [0, 0.1) is 0 Å². The SMILES string of the molecule is FC(F)(Br)C(F)(F)c1cnc[nH]1. The van der Waals surface area contributed by atoms with E-state index in [4.69, 9.17) is 0 Å². The molecule has 1 rings (SSSR count). The van der Waals surface area contributed by atoms with E-state index in [1.807, 2.05) is 4.98 Å². The molecule has 0 saturated heterocycles. The number of alkyl halides is 5. The number of nitrogens with one attached hydrogen (secondary N) is 1. The van der Waals surface area contributed by atoms with Gasteiger partial charge in [-0.3, -0.25) is 0 Å². The predicted molar refractivity (Wildman–Crippen MR) is 36.4 cm³/mol. The van der Waals surface area contributed by atoms with Crippen LogP contribution in [0.25, 0.3) is 0 Å². The van der Waals surface area contributed by atoms with Crippen LogP contribution in [0.4, 0.5) is 17.6 Å². The first-order valence-corrected chi connectivity index (χ1v) is 3.58. The third-order valence-electron chi connectivity index (χ3n) is 1.19. The molecule has 0 amide bonds. The minimum absolute atomic E-state index is 0.648. The van der Waals surface area contributed by atoms with Gasteiger partial charge in [-0.1, -0.05) is 0 Å². The Balaban J connectivity index is 3.02. The van der Waals surface area contributed by atoms with Crippen LogP contribution in [-0.2, 0) is 5.92 Å². The van der Waals surface area contributed by atoms with Crippen LogP contribution in [0.1, 0.15) is 5.69 Å². The zero-order valence-corrected chi connectivity index (χ0v) is 7.08. The highest BCUT2D eigenvalue weighted by Gasteiger charge is 2.56. The molecule has 0 saturated carbocycles. The smallest absolute Gasteiger partial charge is 0.343 e. The van der Waals surface area contributed by atoms with Gasteiger partial charge in [-0.05, 0) is 15.9 Å². The van der Waals surface area contributed by atoms with Crippen LogP contribution in [0.3, 0.4) is 0 Å². The second-order valence-electron chi connectivity index (χ2n) is 2.04. The molecule has 0 aromatic carbocycles. The molecule has 1 heterocycles. The lowest BCUT2D eigenvalue weighted by Gasteiger charge is -2.19. The third kappa shape index (κ3) is 1.45. The molecule has 0 spiro atoms. The number of H-pyrrole nitrogens is 1. The Morgan fingerprint density at radius 2 is 1.92 bits per heavy atom. The first-order valence-electron chi connectivity index (χ1n) is 2.79. The predicted octanol–water partition coefficient (Wildman–Crippen LogP) is 2.49. The Bertz CT molecular complexity index is 253. The standard InChI is InChI=1S/C5H3BrF4N2/c6-5(9,10)4(7,8)3-1-11-2-12-3/h1-2H,(H,11,12). The van der Waals surface area contributed by atoms with E-state index in [1.165, 1.54) is 0 Å². The average Bonchev–Trinajstić information content (AvgIpc) is 2.34. The van der Waals surface area contributed by atoms with Crippen LogP contribution in [-0.4, -0.2) is 14.8 Å². The van der Waals surface area contributed by atoms with Crippen molar-refractivity contribution in [1.82, 2.24) is 9.97 Å². The molecular formula is C5H3BrF4N2. The fraction of sp³-hybridized carbons (Fsp3) is 0.400. The summed E-state index contributed by atoms with van der Waals surface area (Å²) >= 11 is 1.59. The second-order valence-corrected chi connectivity index (χ2v) is 3.03. The molecule has 0 aliphatic rings. The number of imidazole rings is 1. The summed E-state index contributed by atoms with van der Waals surface area (Å²) < 4.78 is 49.6. The van der Waals surface area contributed by atoms with E-state index in [1.54, 1.807) is 15.9 Å². The zero-order chi connectivity index (χ0) is 9.41. The topological polar surface area (TPSA) is 28.7 Å². The fourth-order valence-corrected chi connectivity index (χ4v) is 0.794. The van der Waals surface area contributed by atoms with Gasteiger partial charge in [0.25, 0.3) is 0 Å². The molecule has 1 N–H and O–H groups in total. The van der Waals surface area contributed by atoms with E-state index < -0.39 is 16.4 Å². The number of hydrogen-bond donors (Lipinski definition) is 1. The number of aromatic nitrogens is 2. The zero-order valence-electron chi connectivity index (χ0n) is 5.49. The highest BCUT2D eigenvalue weighted by molar-refractivity contribution is 9.10. The summed E-state index contributed by atoms with van der Waals surface area (Å²) in [4.78, 5) is 0.854. The summed E-state index contributed by atoms with van der Waals surface area (Å²) in [5, 5.41) is 0. The molecule has 0 aliphatic heterocycles. The Labute approximate surface area is 73.1 Å². The van der Waals surface area contributed by atoms with Crippen LogP contribution in [0.2, 0.25) is 0 Å². The normalized spacial score (nSPS) is 13.4. The molecule has 0 atom stereocenters. The maximum Gasteiger partial charge on any atom is 0.369 e. The van der Waals surface area contributed by atoms with Crippen LogP contribution in [0.15, 0.2) is 12.5 Å². The minimum Gasteiger partial charge on any atom is -0.343 e. The van der Waals surface area contributed by atoms with Crippen LogP contribution >= 0.6 is 15.9 Å². The highest BCUT2D eigenvalue weighted by atomic mass is 79.9. The van der Waals surface area contributed by atoms with Gasteiger partial charge in [-0.2, -0.15) is 17.6 Å². The molecule has 0 fully saturated rings.